The van der Waals surface area contributed by atoms with E-state index in [9.17, 15) is 14.0 Å². The lowest BCUT2D eigenvalue weighted by atomic mass is 10.1. The van der Waals surface area contributed by atoms with Crippen molar-refractivity contribution in [3.8, 4) is 16.9 Å². The van der Waals surface area contributed by atoms with E-state index in [2.05, 4.69) is 10.4 Å². The number of aryl methyl sites for hydroxylation is 1. The van der Waals surface area contributed by atoms with Gasteiger partial charge in [0.1, 0.15) is 11.5 Å². The molecule has 8 heteroatoms. The first-order chi connectivity index (χ1) is 17.5. The van der Waals surface area contributed by atoms with E-state index in [0.29, 0.717) is 54.5 Å². The summed E-state index contributed by atoms with van der Waals surface area (Å²) in [6.07, 6.45) is 1.63. The van der Waals surface area contributed by atoms with Gasteiger partial charge in [-0.1, -0.05) is 29.8 Å². The number of hydrogen-bond donors (Lipinski definition) is 1. The predicted octanol–water partition coefficient (Wildman–Crippen LogP) is 4.71. The number of carbonyl (C=O) groups is 2. The maximum absolute atomic E-state index is 13.4. The first-order valence-corrected chi connectivity index (χ1v) is 11.7. The Morgan fingerprint density at radius 1 is 0.917 bits per heavy atom. The minimum atomic E-state index is -0.349. The fourth-order valence-corrected chi connectivity index (χ4v) is 4.03. The third-order valence-electron chi connectivity index (χ3n) is 6.06. The van der Waals surface area contributed by atoms with Gasteiger partial charge in [-0.05, 0) is 55.5 Å². The molecule has 3 aromatic carbocycles. The highest BCUT2D eigenvalue weighted by atomic mass is 19.1. The van der Waals surface area contributed by atoms with Crippen molar-refractivity contribution < 1.29 is 18.7 Å². The van der Waals surface area contributed by atoms with Crippen molar-refractivity contribution in [2.75, 3.05) is 31.6 Å². The molecule has 0 spiro atoms. The molecule has 2 heterocycles. The molecule has 1 aromatic heterocycles. The van der Waals surface area contributed by atoms with Crippen LogP contribution >= 0.6 is 0 Å². The molecule has 0 radical (unpaired) electrons. The summed E-state index contributed by atoms with van der Waals surface area (Å²) in [4.78, 5) is 27.8. The minimum Gasteiger partial charge on any atom is -0.378 e. The summed E-state index contributed by atoms with van der Waals surface area (Å²) in [6, 6.07) is 20.5. The second kappa shape index (κ2) is 10.1. The van der Waals surface area contributed by atoms with Gasteiger partial charge in [-0.3, -0.25) is 9.59 Å². The average Bonchev–Trinajstić information content (AvgIpc) is 3.36. The monoisotopic (exact) mass is 484 g/mol. The van der Waals surface area contributed by atoms with Gasteiger partial charge in [0.2, 0.25) is 0 Å². The van der Waals surface area contributed by atoms with Crippen molar-refractivity contribution in [2.24, 2.45) is 0 Å². The quantitative estimate of drug-likeness (QED) is 0.445. The molecule has 36 heavy (non-hydrogen) atoms. The van der Waals surface area contributed by atoms with Crippen LogP contribution in [0.1, 0.15) is 26.3 Å². The van der Waals surface area contributed by atoms with Crippen molar-refractivity contribution in [3.05, 3.63) is 102 Å². The van der Waals surface area contributed by atoms with Crippen LogP contribution in [0.4, 0.5) is 10.1 Å². The Bertz CT molecular complexity index is 1370. The summed E-state index contributed by atoms with van der Waals surface area (Å²) in [5.41, 5.74) is 4.51. The summed E-state index contributed by atoms with van der Waals surface area (Å²) < 4.78 is 20.3. The molecule has 5 rings (SSSR count). The molecule has 182 valence electrons. The summed E-state index contributed by atoms with van der Waals surface area (Å²) in [5.74, 6) is -0.747. The van der Waals surface area contributed by atoms with Crippen LogP contribution in [0.25, 0.3) is 16.9 Å². The van der Waals surface area contributed by atoms with Gasteiger partial charge in [0.25, 0.3) is 11.8 Å². The molecular formula is C28H25FN4O3. The number of amides is 2. The molecule has 1 saturated heterocycles. The summed E-state index contributed by atoms with van der Waals surface area (Å²) in [7, 11) is 0. The number of morpholine rings is 1. The fraction of sp³-hybridized carbons (Fsp3) is 0.179. The second-order valence-corrected chi connectivity index (χ2v) is 8.61. The van der Waals surface area contributed by atoms with Crippen LogP contribution in [-0.4, -0.2) is 52.8 Å². The molecule has 4 aromatic rings. The van der Waals surface area contributed by atoms with E-state index in [0.717, 1.165) is 11.1 Å². The van der Waals surface area contributed by atoms with Crippen molar-refractivity contribution in [1.82, 2.24) is 14.7 Å². The van der Waals surface area contributed by atoms with E-state index < -0.39 is 0 Å². The standard InChI is InChI=1S/C28H25FN4O3/c1-19-2-4-20(5-3-19)26-25(18-33(31-26)24-12-8-22(29)9-13-24)27(34)30-23-10-6-21(7-11-23)28(35)32-14-16-36-17-15-32/h2-13,18H,14-17H2,1H3,(H,30,34). The SMILES string of the molecule is Cc1ccc(-c2nn(-c3ccc(F)cc3)cc2C(=O)Nc2ccc(C(=O)N3CCOCC3)cc2)cc1. The number of anilines is 1. The molecule has 0 bridgehead atoms. The van der Waals surface area contributed by atoms with E-state index in [1.54, 1.807) is 52.2 Å². The number of halogens is 1. The van der Waals surface area contributed by atoms with Gasteiger partial charge < -0.3 is 15.0 Å². The Balaban J connectivity index is 1.40. The summed E-state index contributed by atoms with van der Waals surface area (Å²) in [5, 5.41) is 7.54. The van der Waals surface area contributed by atoms with Gasteiger partial charge in [0.05, 0.1) is 24.5 Å². The molecule has 1 aliphatic rings. The average molecular weight is 485 g/mol. The molecular weight excluding hydrogens is 459 g/mol. The Morgan fingerprint density at radius 3 is 2.25 bits per heavy atom. The number of nitrogens with zero attached hydrogens (tertiary/aromatic N) is 3. The Morgan fingerprint density at radius 2 is 1.58 bits per heavy atom. The van der Waals surface area contributed by atoms with Crippen molar-refractivity contribution in [3.63, 3.8) is 0 Å². The summed E-state index contributed by atoms with van der Waals surface area (Å²) in [6.45, 7) is 4.19. The molecule has 7 nitrogen and oxygen atoms in total. The number of nitrogens with one attached hydrogen (secondary N) is 1. The van der Waals surface area contributed by atoms with Crippen LogP contribution in [0, 0.1) is 12.7 Å². The first kappa shape index (κ1) is 23.4. The zero-order valence-electron chi connectivity index (χ0n) is 19.8. The fourth-order valence-electron chi connectivity index (χ4n) is 4.03. The van der Waals surface area contributed by atoms with Gasteiger partial charge in [-0.2, -0.15) is 5.10 Å². The van der Waals surface area contributed by atoms with Gasteiger partial charge in [0, 0.05) is 36.1 Å². The Kier molecular flexibility index (Phi) is 6.60. The number of ether oxygens (including phenoxy) is 1. The lowest BCUT2D eigenvalue weighted by Gasteiger charge is -2.26. The summed E-state index contributed by atoms with van der Waals surface area (Å²) >= 11 is 0. The zero-order chi connectivity index (χ0) is 25.1. The van der Waals surface area contributed by atoms with Gasteiger partial charge in [-0.15, -0.1) is 0 Å². The van der Waals surface area contributed by atoms with Gasteiger partial charge >= 0.3 is 0 Å². The largest absolute Gasteiger partial charge is 0.378 e. The Labute approximate surface area is 208 Å². The van der Waals surface area contributed by atoms with Gasteiger partial charge in [-0.25, -0.2) is 9.07 Å². The maximum Gasteiger partial charge on any atom is 0.259 e. The lowest BCUT2D eigenvalue weighted by molar-refractivity contribution is 0.0303. The number of carbonyl (C=O) groups excluding carboxylic acids is 2. The molecule has 0 aliphatic carbocycles. The smallest absolute Gasteiger partial charge is 0.259 e. The molecule has 1 fully saturated rings. The van der Waals surface area contributed by atoms with Crippen molar-refractivity contribution in [1.29, 1.82) is 0 Å². The first-order valence-electron chi connectivity index (χ1n) is 11.7. The normalized spacial score (nSPS) is 13.4. The second-order valence-electron chi connectivity index (χ2n) is 8.61. The highest BCUT2D eigenvalue weighted by Crippen LogP contribution is 2.25. The highest BCUT2D eigenvalue weighted by molar-refractivity contribution is 6.08. The van der Waals surface area contributed by atoms with E-state index in [1.165, 1.54) is 12.1 Å². The zero-order valence-corrected chi connectivity index (χ0v) is 19.8. The minimum absolute atomic E-state index is 0.0570. The maximum atomic E-state index is 13.4. The third kappa shape index (κ3) is 5.04. The van der Waals surface area contributed by atoms with E-state index in [1.807, 2.05) is 31.2 Å². The van der Waals surface area contributed by atoms with Gasteiger partial charge in [0.15, 0.2) is 0 Å². The molecule has 1 N–H and O–H groups in total. The Hall–Kier alpha value is -4.30. The molecule has 0 unspecified atom stereocenters. The molecule has 0 saturated carbocycles. The number of hydrogen-bond acceptors (Lipinski definition) is 4. The third-order valence-corrected chi connectivity index (χ3v) is 6.06. The van der Waals surface area contributed by atoms with Crippen LogP contribution < -0.4 is 5.32 Å². The number of rotatable bonds is 5. The molecule has 0 atom stereocenters. The molecule has 2 amide bonds. The van der Waals surface area contributed by atoms with Crippen LogP contribution in [0.2, 0.25) is 0 Å². The number of benzene rings is 3. The predicted molar refractivity (Wildman–Crippen MR) is 135 cm³/mol. The topological polar surface area (TPSA) is 76.5 Å². The van der Waals surface area contributed by atoms with Crippen molar-refractivity contribution >= 4 is 17.5 Å². The van der Waals surface area contributed by atoms with Crippen LogP contribution in [0.15, 0.2) is 79.0 Å². The lowest BCUT2D eigenvalue weighted by Crippen LogP contribution is -2.40. The molecule has 1 aliphatic heterocycles. The van der Waals surface area contributed by atoms with E-state index in [4.69, 9.17) is 4.74 Å². The van der Waals surface area contributed by atoms with Crippen LogP contribution in [0.5, 0.6) is 0 Å². The van der Waals surface area contributed by atoms with Crippen LogP contribution in [-0.2, 0) is 4.74 Å². The van der Waals surface area contributed by atoms with Crippen molar-refractivity contribution in [2.45, 2.75) is 6.92 Å². The highest BCUT2D eigenvalue weighted by Gasteiger charge is 2.21. The van der Waals surface area contributed by atoms with E-state index in [-0.39, 0.29) is 17.6 Å². The van der Waals surface area contributed by atoms with Crippen LogP contribution in [0.3, 0.4) is 0 Å². The van der Waals surface area contributed by atoms with E-state index >= 15 is 0 Å². The number of aromatic nitrogens is 2.